The molecule has 1 aromatic carbocycles. The zero-order chi connectivity index (χ0) is 15.1. The molecule has 108 valence electrons. The van der Waals surface area contributed by atoms with Crippen LogP contribution in [0.2, 0.25) is 0 Å². The lowest BCUT2D eigenvalue weighted by Gasteiger charge is -2.18. The van der Waals surface area contributed by atoms with Crippen LogP contribution in [-0.4, -0.2) is 16.7 Å². The minimum absolute atomic E-state index is 0.128. The van der Waals surface area contributed by atoms with E-state index in [1.165, 1.54) is 18.2 Å². The topological polar surface area (TPSA) is 80.5 Å². The number of hydrogen-bond acceptors (Lipinski definition) is 4. The molecule has 0 radical (unpaired) electrons. The number of allylic oxidation sites excluding steroid dienone is 2. The average Bonchev–Trinajstić information content (AvgIpc) is 2.70. The first-order chi connectivity index (χ1) is 9.99. The van der Waals surface area contributed by atoms with Gasteiger partial charge >= 0.3 is 0 Å². The van der Waals surface area contributed by atoms with E-state index in [-0.39, 0.29) is 35.0 Å². The third-order valence-corrected chi connectivity index (χ3v) is 4.12. The second kappa shape index (κ2) is 4.80. The number of benzene rings is 1. The van der Waals surface area contributed by atoms with Crippen LogP contribution in [0.1, 0.15) is 19.8 Å². The van der Waals surface area contributed by atoms with Crippen LogP contribution >= 0.6 is 0 Å². The standard InChI is InChI=1S/C15H14N2O4/c1-9-5-6-12-13(7-9)15(19)16(14(12)18)10-3-2-4-11(8-10)17(20)21/h2-5,8,12-13H,6-7H2,1H3/t12-,13-/m1/s1. The van der Waals surface area contributed by atoms with Gasteiger partial charge in [-0.05, 0) is 25.8 Å². The molecule has 2 amide bonds. The van der Waals surface area contributed by atoms with E-state index in [2.05, 4.69) is 0 Å². The SMILES string of the molecule is CC1=CC[C@H]2C(=O)N(c3cccc([N+](=O)[O-])c3)C(=O)[C@@H]2C1. The zero-order valence-electron chi connectivity index (χ0n) is 11.5. The Bertz CT molecular complexity index is 680. The number of carbonyl (C=O) groups excluding carboxylic acids is 2. The highest BCUT2D eigenvalue weighted by atomic mass is 16.6. The van der Waals surface area contributed by atoms with Crippen LogP contribution in [0, 0.1) is 22.0 Å². The summed E-state index contributed by atoms with van der Waals surface area (Å²) in [5.41, 5.74) is 1.27. The highest BCUT2D eigenvalue weighted by Crippen LogP contribution is 2.40. The van der Waals surface area contributed by atoms with Gasteiger partial charge in [-0.25, -0.2) is 4.90 Å². The molecule has 2 aliphatic rings. The van der Waals surface area contributed by atoms with Crippen molar-refractivity contribution >= 4 is 23.2 Å². The number of imide groups is 1. The summed E-state index contributed by atoms with van der Waals surface area (Å²) in [6, 6.07) is 5.65. The third kappa shape index (κ3) is 2.12. The van der Waals surface area contributed by atoms with Crippen molar-refractivity contribution in [1.29, 1.82) is 0 Å². The molecule has 3 rings (SSSR count). The van der Waals surface area contributed by atoms with Crippen LogP contribution in [-0.2, 0) is 9.59 Å². The van der Waals surface area contributed by atoms with Gasteiger partial charge in [0.2, 0.25) is 11.8 Å². The Hall–Kier alpha value is -2.50. The van der Waals surface area contributed by atoms with Crippen LogP contribution in [0.3, 0.4) is 0 Å². The summed E-state index contributed by atoms with van der Waals surface area (Å²) in [5.74, 6) is -1.17. The van der Waals surface area contributed by atoms with Crippen molar-refractivity contribution in [3.8, 4) is 0 Å². The van der Waals surface area contributed by atoms with Gasteiger partial charge in [0.05, 0.1) is 22.4 Å². The molecular weight excluding hydrogens is 272 g/mol. The number of amides is 2. The van der Waals surface area contributed by atoms with E-state index in [9.17, 15) is 19.7 Å². The Kier molecular flexibility index (Phi) is 3.08. The molecule has 0 bridgehead atoms. The fourth-order valence-electron chi connectivity index (χ4n) is 3.04. The molecule has 21 heavy (non-hydrogen) atoms. The number of nitro groups is 1. The van der Waals surface area contributed by atoms with E-state index in [0.717, 1.165) is 10.5 Å². The highest BCUT2D eigenvalue weighted by molar-refractivity contribution is 6.22. The zero-order valence-corrected chi connectivity index (χ0v) is 11.5. The number of rotatable bonds is 2. The van der Waals surface area contributed by atoms with Crippen molar-refractivity contribution in [3.05, 3.63) is 46.0 Å². The Morgan fingerprint density at radius 2 is 1.95 bits per heavy atom. The number of nitrogens with zero attached hydrogens (tertiary/aromatic N) is 2. The van der Waals surface area contributed by atoms with Gasteiger partial charge in [-0.1, -0.05) is 17.7 Å². The van der Waals surface area contributed by atoms with E-state index < -0.39 is 4.92 Å². The maximum atomic E-state index is 12.5. The minimum Gasteiger partial charge on any atom is -0.274 e. The molecule has 0 saturated carbocycles. The Labute approximate surface area is 121 Å². The monoisotopic (exact) mass is 286 g/mol. The molecule has 1 heterocycles. The van der Waals surface area contributed by atoms with Crippen molar-refractivity contribution in [2.45, 2.75) is 19.8 Å². The molecule has 1 aliphatic heterocycles. The number of fused-ring (bicyclic) bond motifs is 1. The molecule has 6 heteroatoms. The summed E-state index contributed by atoms with van der Waals surface area (Å²) in [4.78, 5) is 36.3. The molecule has 1 saturated heterocycles. The molecule has 1 aliphatic carbocycles. The molecule has 6 nitrogen and oxygen atoms in total. The highest BCUT2D eigenvalue weighted by Gasteiger charge is 2.48. The number of non-ortho nitro benzene ring substituents is 1. The molecular formula is C15H14N2O4. The van der Waals surface area contributed by atoms with E-state index in [1.54, 1.807) is 6.07 Å². The molecule has 2 atom stereocenters. The quantitative estimate of drug-likeness (QED) is 0.362. The first-order valence-electron chi connectivity index (χ1n) is 6.77. The number of nitro benzene ring substituents is 1. The van der Waals surface area contributed by atoms with E-state index in [0.29, 0.717) is 12.8 Å². The summed E-state index contributed by atoms with van der Waals surface area (Å²) in [6.07, 6.45) is 3.14. The van der Waals surface area contributed by atoms with Gasteiger partial charge in [0.15, 0.2) is 0 Å². The van der Waals surface area contributed by atoms with Gasteiger partial charge in [0, 0.05) is 12.1 Å². The van der Waals surface area contributed by atoms with Gasteiger partial charge in [0.25, 0.3) is 5.69 Å². The summed E-state index contributed by atoms with van der Waals surface area (Å²) in [5, 5.41) is 10.8. The second-order valence-corrected chi connectivity index (χ2v) is 5.49. The van der Waals surface area contributed by atoms with Crippen LogP contribution in [0.4, 0.5) is 11.4 Å². The van der Waals surface area contributed by atoms with Crippen LogP contribution in [0.5, 0.6) is 0 Å². The number of anilines is 1. The Morgan fingerprint density at radius 1 is 1.24 bits per heavy atom. The Balaban J connectivity index is 1.97. The van der Waals surface area contributed by atoms with Crippen LogP contribution < -0.4 is 4.90 Å². The second-order valence-electron chi connectivity index (χ2n) is 5.49. The third-order valence-electron chi connectivity index (χ3n) is 4.12. The molecule has 0 unspecified atom stereocenters. The summed E-state index contributed by atoms with van der Waals surface area (Å²) >= 11 is 0. The predicted octanol–water partition coefficient (Wildman–Crippen LogP) is 2.44. The molecule has 1 fully saturated rings. The normalized spacial score (nSPS) is 24.8. The lowest BCUT2D eigenvalue weighted by Crippen LogP contribution is -2.30. The van der Waals surface area contributed by atoms with Crippen LogP contribution in [0.15, 0.2) is 35.9 Å². The minimum atomic E-state index is -0.534. The molecule has 1 aromatic rings. The first-order valence-corrected chi connectivity index (χ1v) is 6.77. The maximum Gasteiger partial charge on any atom is 0.271 e. The van der Waals surface area contributed by atoms with Crippen LogP contribution in [0.25, 0.3) is 0 Å². The van der Waals surface area contributed by atoms with E-state index >= 15 is 0 Å². The van der Waals surface area contributed by atoms with E-state index in [1.807, 2.05) is 13.0 Å². The lowest BCUT2D eigenvalue weighted by atomic mass is 9.82. The smallest absolute Gasteiger partial charge is 0.271 e. The summed E-state index contributed by atoms with van der Waals surface area (Å²) in [7, 11) is 0. The van der Waals surface area contributed by atoms with Crippen molar-refractivity contribution in [2.24, 2.45) is 11.8 Å². The summed E-state index contributed by atoms with van der Waals surface area (Å²) in [6.45, 7) is 1.95. The average molecular weight is 286 g/mol. The van der Waals surface area contributed by atoms with Gasteiger partial charge in [-0.2, -0.15) is 0 Å². The molecule has 0 spiro atoms. The van der Waals surface area contributed by atoms with Crippen molar-refractivity contribution < 1.29 is 14.5 Å². The van der Waals surface area contributed by atoms with Crippen molar-refractivity contribution in [1.82, 2.24) is 0 Å². The predicted molar refractivity (Wildman–Crippen MR) is 75.6 cm³/mol. The largest absolute Gasteiger partial charge is 0.274 e. The fraction of sp³-hybridized carbons (Fsp3) is 0.333. The molecule has 0 N–H and O–H groups in total. The lowest BCUT2D eigenvalue weighted by molar-refractivity contribution is -0.384. The summed E-state index contributed by atoms with van der Waals surface area (Å²) < 4.78 is 0. The van der Waals surface area contributed by atoms with Gasteiger partial charge in [-0.3, -0.25) is 19.7 Å². The number of hydrogen-bond donors (Lipinski definition) is 0. The van der Waals surface area contributed by atoms with Gasteiger partial charge in [0.1, 0.15) is 0 Å². The number of carbonyl (C=O) groups is 2. The first kappa shape index (κ1) is 13.5. The van der Waals surface area contributed by atoms with Gasteiger partial charge < -0.3 is 0 Å². The van der Waals surface area contributed by atoms with Crippen molar-refractivity contribution in [3.63, 3.8) is 0 Å². The van der Waals surface area contributed by atoms with E-state index in [4.69, 9.17) is 0 Å². The van der Waals surface area contributed by atoms with Crippen molar-refractivity contribution in [2.75, 3.05) is 4.90 Å². The maximum absolute atomic E-state index is 12.5. The molecule has 0 aromatic heterocycles. The fourth-order valence-corrected chi connectivity index (χ4v) is 3.04. The Morgan fingerprint density at radius 3 is 2.67 bits per heavy atom. The van der Waals surface area contributed by atoms with Gasteiger partial charge in [-0.15, -0.1) is 0 Å².